The first-order chi connectivity index (χ1) is 8.92. The highest BCUT2D eigenvalue weighted by Gasteiger charge is 2.33. The van der Waals surface area contributed by atoms with Crippen LogP contribution in [-0.4, -0.2) is 29.6 Å². The van der Waals surface area contributed by atoms with Gasteiger partial charge in [-0.05, 0) is 38.0 Å². The number of nitrogens with one attached hydrogen (secondary N) is 1. The fourth-order valence-corrected chi connectivity index (χ4v) is 3.22. The van der Waals surface area contributed by atoms with Crippen molar-refractivity contribution in [1.82, 2.24) is 10.2 Å². The second-order valence-electron chi connectivity index (χ2n) is 5.91. The molecule has 1 saturated heterocycles. The molecule has 1 aromatic rings. The average Bonchev–Trinajstić information content (AvgIpc) is 2.34. The standard InChI is InChI=1S/C15H22BrClN2/c1-4-13-9-19(15(2,3)10-18-13)8-11-5-6-12(16)7-14(11)17/h5-7,13,18H,4,8-10H2,1-3H3. The summed E-state index contributed by atoms with van der Waals surface area (Å²) in [7, 11) is 0. The fourth-order valence-electron chi connectivity index (χ4n) is 2.49. The number of halogens is 2. The second kappa shape index (κ2) is 6.13. The third kappa shape index (κ3) is 3.72. The summed E-state index contributed by atoms with van der Waals surface area (Å²) in [6, 6.07) is 6.74. The molecule has 1 aromatic carbocycles. The topological polar surface area (TPSA) is 15.3 Å². The highest BCUT2D eigenvalue weighted by Crippen LogP contribution is 2.27. The van der Waals surface area contributed by atoms with E-state index in [0.29, 0.717) is 6.04 Å². The zero-order valence-corrected chi connectivity index (χ0v) is 14.2. The molecule has 0 aliphatic carbocycles. The molecule has 0 aromatic heterocycles. The Balaban J connectivity index is 2.15. The lowest BCUT2D eigenvalue weighted by Crippen LogP contribution is -2.61. The molecule has 0 bridgehead atoms. The highest BCUT2D eigenvalue weighted by atomic mass is 79.9. The van der Waals surface area contributed by atoms with E-state index in [4.69, 9.17) is 11.6 Å². The van der Waals surface area contributed by atoms with Gasteiger partial charge < -0.3 is 5.32 Å². The van der Waals surface area contributed by atoms with Gasteiger partial charge in [0.25, 0.3) is 0 Å². The molecule has 1 aliphatic heterocycles. The summed E-state index contributed by atoms with van der Waals surface area (Å²) >= 11 is 9.80. The van der Waals surface area contributed by atoms with E-state index in [9.17, 15) is 0 Å². The number of hydrogen-bond donors (Lipinski definition) is 1. The Labute approximate surface area is 129 Å². The molecule has 1 unspecified atom stereocenters. The summed E-state index contributed by atoms with van der Waals surface area (Å²) in [5.41, 5.74) is 1.37. The Morgan fingerprint density at radius 3 is 2.84 bits per heavy atom. The minimum absolute atomic E-state index is 0.169. The summed E-state index contributed by atoms with van der Waals surface area (Å²) in [6.07, 6.45) is 1.17. The number of piperazine rings is 1. The van der Waals surface area contributed by atoms with Gasteiger partial charge in [0.05, 0.1) is 0 Å². The Morgan fingerprint density at radius 1 is 1.47 bits per heavy atom. The Kier molecular flexibility index (Phi) is 4.93. The number of benzene rings is 1. The van der Waals surface area contributed by atoms with E-state index in [1.807, 2.05) is 6.07 Å². The fraction of sp³-hybridized carbons (Fsp3) is 0.600. The molecular weight excluding hydrogens is 324 g/mol. The summed E-state index contributed by atoms with van der Waals surface area (Å²) in [5.74, 6) is 0. The van der Waals surface area contributed by atoms with Crippen LogP contribution in [0.3, 0.4) is 0 Å². The lowest BCUT2D eigenvalue weighted by molar-refractivity contribution is 0.0577. The van der Waals surface area contributed by atoms with E-state index in [2.05, 4.69) is 59.1 Å². The SMILES string of the molecule is CCC1CN(Cc2ccc(Br)cc2Cl)C(C)(C)CN1. The third-order valence-electron chi connectivity index (χ3n) is 3.99. The maximum Gasteiger partial charge on any atom is 0.0462 e. The van der Waals surface area contributed by atoms with Crippen molar-refractivity contribution in [2.24, 2.45) is 0 Å². The normalized spacial score (nSPS) is 23.5. The zero-order chi connectivity index (χ0) is 14.0. The van der Waals surface area contributed by atoms with Crippen LogP contribution in [0.25, 0.3) is 0 Å². The highest BCUT2D eigenvalue weighted by molar-refractivity contribution is 9.10. The number of rotatable bonds is 3. The number of nitrogens with zero attached hydrogens (tertiary/aromatic N) is 1. The third-order valence-corrected chi connectivity index (χ3v) is 4.83. The molecule has 2 rings (SSSR count). The zero-order valence-electron chi connectivity index (χ0n) is 11.8. The molecule has 4 heteroatoms. The van der Waals surface area contributed by atoms with E-state index in [1.165, 1.54) is 12.0 Å². The van der Waals surface area contributed by atoms with Crippen LogP contribution in [0.2, 0.25) is 5.02 Å². The van der Waals surface area contributed by atoms with Crippen LogP contribution in [0.1, 0.15) is 32.8 Å². The van der Waals surface area contributed by atoms with Crippen LogP contribution in [0.5, 0.6) is 0 Å². The Hall–Kier alpha value is -0.0900. The minimum Gasteiger partial charge on any atom is -0.311 e. The molecule has 1 aliphatic rings. The first-order valence-corrected chi connectivity index (χ1v) is 8.02. The van der Waals surface area contributed by atoms with Gasteiger partial charge in [0, 0.05) is 40.7 Å². The quantitative estimate of drug-likeness (QED) is 0.888. The van der Waals surface area contributed by atoms with E-state index in [0.717, 1.165) is 29.1 Å². The Morgan fingerprint density at radius 2 is 2.21 bits per heavy atom. The summed E-state index contributed by atoms with van der Waals surface area (Å²) < 4.78 is 1.03. The van der Waals surface area contributed by atoms with Gasteiger partial charge in [-0.15, -0.1) is 0 Å². The van der Waals surface area contributed by atoms with Crippen molar-refractivity contribution in [2.45, 2.75) is 45.3 Å². The largest absolute Gasteiger partial charge is 0.311 e. The monoisotopic (exact) mass is 344 g/mol. The van der Waals surface area contributed by atoms with Gasteiger partial charge in [0.2, 0.25) is 0 Å². The van der Waals surface area contributed by atoms with Crippen LogP contribution >= 0.6 is 27.5 Å². The van der Waals surface area contributed by atoms with Gasteiger partial charge in [-0.1, -0.05) is 40.5 Å². The van der Waals surface area contributed by atoms with Crippen molar-refractivity contribution in [1.29, 1.82) is 0 Å². The molecule has 0 spiro atoms. The van der Waals surface area contributed by atoms with Crippen LogP contribution in [-0.2, 0) is 6.54 Å². The van der Waals surface area contributed by atoms with Crippen molar-refractivity contribution in [3.05, 3.63) is 33.3 Å². The average molecular weight is 346 g/mol. The molecule has 0 amide bonds. The molecule has 1 heterocycles. The molecule has 19 heavy (non-hydrogen) atoms. The van der Waals surface area contributed by atoms with E-state index >= 15 is 0 Å². The maximum atomic E-state index is 6.34. The smallest absolute Gasteiger partial charge is 0.0462 e. The molecule has 106 valence electrons. The lowest BCUT2D eigenvalue weighted by atomic mass is 9.95. The van der Waals surface area contributed by atoms with E-state index in [-0.39, 0.29) is 5.54 Å². The molecule has 1 fully saturated rings. The summed E-state index contributed by atoms with van der Waals surface area (Å²) in [4.78, 5) is 2.53. The molecule has 1 N–H and O–H groups in total. The van der Waals surface area contributed by atoms with E-state index in [1.54, 1.807) is 0 Å². The van der Waals surface area contributed by atoms with Gasteiger partial charge >= 0.3 is 0 Å². The van der Waals surface area contributed by atoms with Crippen LogP contribution in [0.4, 0.5) is 0 Å². The second-order valence-corrected chi connectivity index (χ2v) is 7.24. The summed E-state index contributed by atoms with van der Waals surface area (Å²) in [6.45, 7) is 9.84. The van der Waals surface area contributed by atoms with Gasteiger partial charge in [0.1, 0.15) is 0 Å². The molecule has 0 radical (unpaired) electrons. The van der Waals surface area contributed by atoms with Crippen molar-refractivity contribution in [3.63, 3.8) is 0 Å². The van der Waals surface area contributed by atoms with Crippen LogP contribution in [0, 0.1) is 0 Å². The predicted octanol–water partition coefficient (Wildman–Crippen LogP) is 4.06. The summed E-state index contributed by atoms with van der Waals surface area (Å²) in [5, 5.41) is 4.46. The predicted molar refractivity (Wildman–Crippen MR) is 85.7 cm³/mol. The van der Waals surface area contributed by atoms with Crippen molar-refractivity contribution < 1.29 is 0 Å². The number of hydrogen-bond acceptors (Lipinski definition) is 2. The molecule has 1 atom stereocenters. The minimum atomic E-state index is 0.169. The van der Waals surface area contributed by atoms with Crippen molar-refractivity contribution >= 4 is 27.5 Å². The molecule has 2 nitrogen and oxygen atoms in total. The van der Waals surface area contributed by atoms with Gasteiger partial charge in [-0.25, -0.2) is 0 Å². The first-order valence-electron chi connectivity index (χ1n) is 6.84. The lowest BCUT2D eigenvalue weighted by Gasteiger charge is -2.46. The molecular formula is C15H22BrClN2. The Bertz CT molecular complexity index is 448. The van der Waals surface area contributed by atoms with E-state index < -0.39 is 0 Å². The van der Waals surface area contributed by atoms with Gasteiger partial charge in [-0.2, -0.15) is 0 Å². The van der Waals surface area contributed by atoms with Crippen LogP contribution in [0.15, 0.2) is 22.7 Å². The first kappa shape index (κ1) is 15.3. The van der Waals surface area contributed by atoms with Gasteiger partial charge in [0.15, 0.2) is 0 Å². The molecule has 0 saturated carbocycles. The van der Waals surface area contributed by atoms with Crippen molar-refractivity contribution in [3.8, 4) is 0 Å². The maximum absolute atomic E-state index is 6.34. The van der Waals surface area contributed by atoms with Crippen LogP contribution < -0.4 is 5.32 Å². The van der Waals surface area contributed by atoms with Gasteiger partial charge in [-0.3, -0.25) is 4.90 Å². The van der Waals surface area contributed by atoms with Crippen molar-refractivity contribution in [2.75, 3.05) is 13.1 Å².